The van der Waals surface area contributed by atoms with E-state index in [1.807, 2.05) is 0 Å². The average Bonchev–Trinajstić information content (AvgIpc) is 2.82. The molecular weight excluding hydrogens is 487 g/mol. The zero-order chi connectivity index (χ0) is 25.8. The Morgan fingerprint density at radius 1 is 1.00 bits per heavy atom. The summed E-state index contributed by atoms with van der Waals surface area (Å²) in [6, 6.07) is 9.66. The Hall–Kier alpha value is -3.28. The van der Waals surface area contributed by atoms with Gasteiger partial charge in [-0.15, -0.1) is 0 Å². The van der Waals surface area contributed by atoms with Crippen molar-refractivity contribution in [3.8, 4) is 0 Å². The Kier molecular flexibility index (Phi) is 7.93. The number of sulfonamides is 1. The van der Waals surface area contributed by atoms with Crippen molar-refractivity contribution >= 4 is 27.7 Å². The summed E-state index contributed by atoms with van der Waals surface area (Å²) in [4.78, 5) is 27.6. The molecule has 0 unspecified atom stereocenters. The van der Waals surface area contributed by atoms with Gasteiger partial charge in [0.1, 0.15) is 6.54 Å². The number of hydrogen-bond acceptors (Lipinski definition) is 5. The normalized spacial score (nSPS) is 14.5. The topological polar surface area (TPSA) is 87.2 Å². The first-order valence-electron chi connectivity index (χ1n) is 10.9. The number of aryl methyl sites for hydroxylation is 1. The number of ether oxygens (including phenoxy) is 1. The molecule has 0 aromatic heterocycles. The quantitative estimate of drug-likeness (QED) is 0.590. The minimum absolute atomic E-state index is 0.138. The van der Waals surface area contributed by atoms with Gasteiger partial charge in [0.25, 0.3) is 10.0 Å². The molecule has 0 N–H and O–H groups in total. The average molecular weight is 514 g/mol. The van der Waals surface area contributed by atoms with Crippen LogP contribution in [-0.2, 0) is 25.7 Å². The molecule has 2 aromatic carbocycles. The van der Waals surface area contributed by atoms with Gasteiger partial charge >= 0.3 is 12.3 Å². The van der Waals surface area contributed by atoms with Gasteiger partial charge in [-0.25, -0.2) is 13.2 Å². The van der Waals surface area contributed by atoms with E-state index >= 15 is 0 Å². The van der Waals surface area contributed by atoms with Crippen LogP contribution in [0.15, 0.2) is 53.4 Å². The van der Waals surface area contributed by atoms with Gasteiger partial charge in [0, 0.05) is 26.2 Å². The van der Waals surface area contributed by atoms with Crippen molar-refractivity contribution in [2.45, 2.75) is 24.9 Å². The molecular formula is C23H26F3N3O5S. The highest BCUT2D eigenvalue weighted by molar-refractivity contribution is 7.92. The second-order valence-electron chi connectivity index (χ2n) is 7.94. The van der Waals surface area contributed by atoms with E-state index in [0.29, 0.717) is 10.4 Å². The Bertz CT molecular complexity index is 1160. The summed E-state index contributed by atoms with van der Waals surface area (Å²) in [5.41, 5.74) is -0.515. The maximum Gasteiger partial charge on any atom is 0.416 e. The van der Waals surface area contributed by atoms with E-state index in [2.05, 4.69) is 0 Å². The zero-order valence-electron chi connectivity index (χ0n) is 19.3. The highest BCUT2D eigenvalue weighted by Gasteiger charge is 2.34. The molecule has 1 heterocycles. The van der Waals surface area contributed by atoms with Crippen molar-refractivity contribution in [3.05, 3.63) is 59.7 Å². The molecule has 8 nitrogen and oxygen atoms in total. The van der Waals surface area contributed by atoms with Crippen molar-refractivity contribution in [1.82, 2.24) is 9.80 Å². The standard InChI is InChI=1S/C23H26F3N3O5S/c1-3-34-22(31)28-13-11-27(12-14-28)21(30)16-29(19-6-4-5-18(15-19)23(24,25)26)35(32,33)20-9-7-17(2)8-10-20/h4-10,15H,3,11-14,16H2,1-2H3. The van der Waals surface area contributed by atoms with E-state index in [1.165, 1.54) is 28.0 Å². The first-order chi connectivity index (χ1) is 16.4. The molecule has 1 fully saturated rings. The maximum atomic E-state index is 13.4. The van der Waals surface area contributed by atoms with Crippen molar-refractivity contribution in [3.63, 3.8) is 0 Å². The predicted octanol–water partition coefficient (Wildman–Crippen LogP) is 3.51. The number of piperazine rings is 1. The number of nitrogens with zero attached hydrogens (tertiary/aromatic N) is 3. The summed E-state index contributed by atoms with van der Waals surface area (Å²) in [7, 11) is -4.36. The van der Waals surface area contributed by atoms with Crippen LogP contribution in [-0.4, -0.2) is 69.5 Å². The number of hydrogen-bond donors (Lipinski definition) is 0. The molecule has 190 valence electrons. The van der Waals surface area contributed by atoms with E-state index in [1.54, 1.807) is 26.0 Å². The molecule has 0 radical (unpaired) electrons. The third-order valence-corrected chi connectivity index (χ3v) is 7.30. The number of carbonyl (C=O) groups excluding carboxylic acids is 2. The van der Waals surface area contributed by atoms with Crippen LogP contribution in [0.3, 0.4) is 0 Å². The molecule has 0 spiro atoms. The fraction of sp³-hybridized carbons (Fsp3) is 0.391. The minimum Gasteiger partial charge on any atom is -0.450 e. The monoisotopic (exact) mass is 513 g/mol. The molecule has 0 atom stereocenters. The molecule has 0 saturated carbocycles. The van der Waals surface area contributed by atoms with Gasteiger partial charge in [-0.2, -0.15) is 13.2 Å². The number of carbonyl (C=O) groups is 2. The molecule has 1 aliphatic rings. The SMILES string of the molecule is CCOC(=O)N1CCN(C(=O)CN(c2cccc(C(F)(F)F)c2)S(=O)(=O)c2ccc(C)cc2)CC1. The van der Waals surface area contributed by atoms with E-state index in [4.69, 9.17) is 4.74 Å². The van der Waals surface area contributed by atoms with Gasteiger partial charge in [-0.05, 0) is 44.2 Å². The maximum absolute atomic E-state index is 13.4. The summed E-state index contributed by atoms with van der Waals surface area (Å²) >= 11 is 0. The van der Waals surface area contributed by atoms with E-state index < -0.39 is 40.3 Å². The van der Waals surface area contributed by atoms with Crippen molar-refractivity contribution in [1.29, 1.82) is 0 Å². The van der Waals surface area contributed by atoms with Gasteiger partial charge in [0.05, 0.1) is 22.8 Å². The van der Waals surface area contributed by atoms with Crippen molar-refractivity contribution < 1.29 is 35.9 Å². The summed E-state index contributed by atoms with van der Waals surface area (Å²) in [5, 5.41) is 0. The fourth-order valence-corrected chi connectivity index (χ4v) is 4.97. The second kappa shape index (κ2) is 10.5. The second-order valence-corrected chi connectivity index (χ2v) is 9.80. The summed E-state index contributed by atoms with van der Waals surface area (Å²) in [6.45, 7) is 3.61. The summed E-state index contributed by atoms with van der Waals surface area (Å²) in [6.07, 6.45) is -5.20. The lowest BCUT2D eigenvalue weighted by Gasteiger charge is -2.35. The molecule has 35 heavy (non-hydrogen) atoms. The van der Waals surface area contributed by atoms with Crippen LogP contribution in [0.2, 0.25) is 0 Å². The number of rotatable bonds is 6. The molecule has 2 amide bonds. The van der Waals surface area contributed by atoms with Gasteiger partial charge in [-0.3, -0.25) is 9.10 Å². The Morgan fingerprint density at radius 3 is 2.17 bits per heavy atom. The van der Waals surface area contributed by atoms with Crippen LogP contribution in [0.25, 0.3) is 0 Å². The molecule has 12 heteroatoms. The van der Waals surface area contributed by atoms with Crippen LogP contribution in [0.4, 0.5) is 23.7 Å². The Balaban J connectivity index is 1.89. The van der Waals surface area contributed by atoms with Gasteiger partial charge < -0.3 is 14.5 Å². The van der Waals surface area contributed by atoms with Crippen molar-refractivity contribution in [2.75, 3.05) is 43.6 Å². The molecule has 0 bridgehead atoms. The van der Waals surface area contributed by atoms with E-state index in [9.17, 15) is 31.2 Å². The molecule has 2 aromatic rings. The molecule has 1 aliphatic heterocycles. The van der Waals surface area contributed by atoms with Crippen LogP contribution < -0.4 is 4.31 Å². The number of halogens is 3. The largest absolute Gasteiger partial charge is 0.450 e. The molecule has 1 saturated heterocycles. The third kappa shape index (κ3) is 6.24. The van der Waals surface area contributed by atoms with E-state index in [0.717, 1.165) is 17.7 Å². The number of alkyl halides is 3. The van der Waals surface area contributed by atoms with Crippen molar-refractivity contribution in [2.24, 2.45) is 0 Å². The van der Waals surface area contributed by atoms with Crippen LogP contribution in [0.1, 0.15) is 18.1 Å². The first kappa shape index (κ1) is 26.3. The van der Waals surface area contributed by atoms with E-state index in [-0.39, 0.29) is 43.4 Å². The number of anilines is 1. The van der Waals surface area contributed by atoms with Crippen LogP contribution >= 0.6 is 0 Å². The predicted molar refractivity (Wildman–Crippen MR) is 122 cm³/mol. The lowest BCUT2D eigenvalue weighted by Crippen LogP contribution is -2.53. The Labute approximate surface area is 201 Å². The summed E-state index contributed by atoms with van der Waals surface area (Å²) in [5.74, 6) is -0.596. The number of benzene rings is 2. The third-order valence-electron chi connectivity index (χ3n) is 5.51. The lowest BCUT2D eigenvalue weighted by atomic mass is 10.2. The highest BCUT2D eigenvalue weighted by atomic mass is 32.2. The van der Waals surface area contributed by atoms with Crippen LogP contribution in [0, 0.1) is 6.92 Å². The first-order valence-corrected chi connectivity index (χ1v) is 12.3. The van der Waals surface area contributed by atoms with Gasteiger partial charge in [0.15, 0.2) is 0 Å². The lowest BCUT2D eigenvalue weighted by molar-refractivity contribution is -0.137. The number of amides is 2. The summed E-state index contributed by atoms with van der Waals surface area (Å²) < 4.78 is 72.5. The molecule has 3 rings (SSSR count). The zero-order valence-corrected chi connectivity index (χ0v) is 20.1. The smallest absolute Gasteiger partial charge is 0.416 e. The molecule has 0 aliphatic carbocycles. The van der Waals surface area contributed by atoms with Crippen LogP contribution in [0.5, 0.6) is 0 Å². The van der Waals surface area contributed by atoms with Gasteiger partial charge in [0.2, 0.25) is 5.91 Å². The minimum atomic E-state index is -4.69. The van der Waals surface area contributed by atoms with Gasteiger partial charge in [-0.1, -0.05) is 23.8 Å². The highest BCUT2D eigenvalue weighted by Crippen LogP contribution is 2.33. The fourth-order valence-electron chi connectivity index (χ4n) is 3.57. The Morgan fingerprint density at radius 2 is 1.60 bits per heavy atom.